The van der Waals surface area contributed by atoms with E-state index in [1.165, 1.54) is 13.3 Å². The Hall–Kier alpha value is -3.98. The molecule has 0 spiro atoms. The maximum Gasteiger partial charge on any atom is 0.222 e. The molecule has 13 heteroatoms. The van der Waals surface area contributed by atoms with Crippen molar-refractivity contribution in [1.29, 1.82) is 5.26 Å². The lowest BCUT2D eigenvalue weighted by Gasteiger charge is -2.34. The minimum Gasteiger partial charge on any atom is -0.495 e. The molecular formula is C32H38Cl2N6O5. The molecule has 0 aliphatic carbocycles. The summed E-state index contributed by atoms with van der Waals surface area (Å²) in [6.45, 7) is 4.36. The fraction of sp³-hybridized carbons (Fsp3) is 0.438. The van der Waals surface area contributed by atoms with Crippen molar-refractivity contribution < 1.29 is 23.8 Å². The summed E-state index contributed by atoms with van der Waals surface area (Å²) < 4.78 is 17.1. The van der Waals surface area contributed by atoms with E-state index in [0.29, 0.717) is 87.7 Å². The fourth-order valence-electron chi connectivity index (χ4n) is 5.21. The largest absolute Gasteiger partial charge is 0.495 e. The highest BCUT2D eigenvalue weighted by Crippen LogP contribution is 2.40. The average molecular weight is 658 g/mol. The molecule has 1 aliphatic heterocycles. The zero-order valence-electron chi connectivity index (χ0n) is 25.5. The number of carbonyl (C=O) groups is 2. The molecule has 0 saturated carbocycles. The Morgan fingerprint density at radius 2 is 1.69 bits per heavy atom. The number of methoxy groups -OCH3 is 2. The molecule has 1 aliphatic rings. The van der Waals surface area contributed by atoms with Crippen LogP contribution in [0.2, 0.25) is 10.0 Å². The van der Waals surface area contributed by atoms with Gasteiger partial charge in [-0.15, -0.1) is 0 Å². The number of amides is 2. The number of hydrogen-bond acceptors (Lipinski definition) is 9. The van der Waals surface area contributed by atoms with Gasteiger partial charge in [0, 0.05) is 69.3 Å². The molecular weight excluding hydrogens is 619 g/mol. The molecule has 3 aromatic rings. The summed E-state index contributed by atoms with van der Waals surface area (Å²) in [7, 11) is 3.07. The molecule has 1 saturated heterocycles. The van der Waals surface area contributed by atoms with E-state index in [1.54, 1.807) is 31.4 Å². The number of nitrogens with one attached hydrogen (secondary N) is 1. The van der Waals surface area contributed by atoms with Crippen molar-refractivity contribution >= 4 is 57.3 Å². The minimum absolute atomic E-state index is 0.172. The molecule has 2 heterocycles. The predicted octanol–water partition coefficient (Wildman–Crippen LogP) is 5.52. The summed E-state index contributed by atoms with van der Waals surface area (Å²) in [5.74, 6) is 1.37. The van der Waals surface area contributed by atoms with Crippen molar-refractivity contribution in [2.45, 2.75) is 38.5 Å². The number of anilines is 2. The number of rotatable bonds is 15. The van der Waals surface area contributed by atoms with Crippen LogP contribution in [0.3, 0.4) is 0 Å². The lowest BCUT2D eigenvalue weighted by Crippen LogP contribution is -2.48. The molecule has 0 radical (unpaired) electrons. The van der Waals surface area contributed by atoms with Gasteiger partial charge in [0.25, 0.3) is 0 Å². The van der Waals surface area contributed by atoms with Gasteiger partial charge in [-0.05, 0) is 31.4 Å². The number of pyridine rings is 1. The second-order valence-corrected chi connectivity index (χ2v) is 11.5. The van der Waals surface area contributed by atoms with Crippen LogP contribution < -0.4 is 25.3 Å². The Bertz CT molecular complexity index is 1560. The van der Waals surface area contributed by atoms with Crippen LogP contribution in [0.1, 0.15) is 44.1 Å². The van der Waals surface area contributed by atoms with Crippen LogP contribution in [0.25, 0.3) is 10.9 Å². The molecule has 2 aromatic carbocycles. The Balaban J connectivity index is 1.33. The molecule has 0 atom stereocenters. The van der Waals surface area contributed by atoms with Crippen LogP contribution in [-0.4, -0.2) is 80.1 Å². The van der Waals surface area contributed by atoms with Gasteiger partial charge in [0.2, 0.25) is 11.8 Å². The van der Waals surface area contributed by atoms with Crippen molar-refractivity contribution in [3.8, 4) is 23.3 Å². The number of piperazine rings is 1. The number of aromatic nitrogens is 1. The number of ether oxygens (including phenoxy) is 3. The molecule has 2 amide bonds. The summed E-state index contributed by atoms with van der Waals surface area (Å²) in [5, 5.41) is 14.4. The van der Waals surface area contributed by atoms with E-state index in [0.717, 1.165) is 45.3 Å². The van der Waals surface area contributed by atoms with Gasteiger partial charge in [0.15, 0.2) is 11.5 Å². The quantitative estimate of drug-likeness (QED) is 0.202. The number of benzene rings is 2. The van der Waals surface area contributed by atoms with E-state index in [-0.39, 0.29) is 11.8 Å². The smallest absolute Gasteiger partial charge is 0.222 e. The van der Waals surface area contributed by atoms with Gasteiger partial charge in [0.05, 0.1) is 53.3 Å². The lowest BCUT2D eigenvalue weighted by atomic mass is 10.1. The first kappa shape index (κ1) is 33.9. The first-order valence-electron chi connectivity index (χ1n) is 14.9. The van der Waals surface area contributed by atoms with Crippen LogP contribution in [0.15, 0.2) is 30.5 Å². The Morgan fingerprint density at radius 3 is 2.38 bits per heavy atom. The van der Waals surface area contributed by atoms with E-state index in [4.69, 9.17) is 43.1 Å². The third-order valence-electron chi connectivity index (χ3n) is 7.69. The summed E-state index contributed by atoms with van der Waals surface area (Å²) in [6.07, 6.45) is 5.51. The SMILES string of the molecule is COc1cc(Nc2c(C#N)cnc3cc(OCCCN4CCN(C(=O)CCCCCC(N)=O)CC4)c(OC)cc23)c(Cl)cc1Cl. The third-order valence-corrected chi connectivity index (χ3v) is 8.30. The normalized spacial score (nSPS) is 13.4. The van der Waals surface area contributed by atoms with E-state index < -0.39 is 0 Å². The van der Waals surface area contributed by atoms with Crippen molar-refractivity contribution in [2.75, 3.05) is 58.9 Å². The van der Waals surface area contributed by atoms with Crippen LogP contribution >= 0.6 is 23.2 Å². The van der Waals surface area contributed by atoms with Gasteiger partial charge in [-0.2, -0.15) is 5.26 Å². The maximum absolute atomic E-state index is 12.5. The highest BCUT2D eigenvalue weighted by atomic mass is 35.5. The Labute approximate surface area is 273 Å². The van der Waals surface area contributed by atoms with Crippen molar-refractivity contribution in [1.82, 2.24) is 14.8 Å². The standard InChI is InChI=1S/C32H38Cl2N6O5/c1-43-27-18-26(23(33)16-24(27)34)38-32-21(19-35)20-37-25-17-29(28(44-2)15-22(25)32)45-14-6-9-39-10-12-40(13-11-39)31(42)8-5-3-4-7-30(36)41/h15-18,20H,3-14H2,1-2H3,(H2,36,41)(H,37,38). The second-order valence-electron chi connectivity index (χ2n) is 10.7. The highest BCUT2D eigenvalue weighted by molar-refractivity contribution is 6.37. The minimum atomic E-state index is -0.295. The molecule has 45 heavy (non-hydrogen) atoms. The first-order chi connectivity index (χ1) is 21.7. The van der Waals surface area contributed by atoms with Crippen molar-refractivity contribution in [3.63, 3.8) is 0 Å². The molecule has 4 rings (SSSR count). The molecule has 0 unspecified atom stereocenters. The van der Waals surface area contributed by atoms with Gasteiger partial charge in [-0.1, -0.05) is 29.6 Å². The first-order valence-corrected chi connectivity index (χ1v) is 15.6. The number of fused-ring (bicyclic) bond motifs is 1. The predicted molar refractivity (Wildman–Crippen MR) is 175 cm³/mol. The van der Waals surface area contributed by atoms with Gasteiger partial charge < -0.3 is 30.2 Å². The Morgan fingerprint density at radius 1 is 0.956 bits per heavy atom. The number of hydrogen-bond donors (Lipinski definition) is 2. The molecule has 240 valence electrons. The van der Waals surface area contributed by atoms with Gasteiger partial charge in [0.1, 0.15) is 11.8 Å². The van der Waals surface area contributed by atoms with Crippen molar-refractivity contribution in [2.24, 2.45) is 5.73 Å². The fourth-order valence-corrected chi connectivity index (χ4v) is 5.72. The maximum atomic E-state index is 12.5. The van der Waals surface area contributed by atoms with E-state index in [9.17, 15) is 14.9 Å². The van der Waals surface area contributed by atoms with E-state index in [1.807, 2.05) is 4.90 Å². The van der Waals surface area contributed by atoms with Gasteiger partial charge in [-0.25, -0.2) is 0 Å². The number of nitrogens with two attached hydrogens (primary N) is 1. The molecule has 3 N–H and O–H groups in total. The zero-order valence-corrected chi connectivity index (χ0v) is 27.0. The van der Waals surface area contributed by atoms with Gasteiger partial charge >= 0.3 is 0 Å². The number of nitrogens with zero attached hydrogens (tertiary/aromatic N) is 4. The van der Waals surface area contributed by atoms with Crippen LogP contribution in [0.4, 0.5) is 11.4 Å². The molecule has 11 nitrogen and oxygen atoms in total. The molecule has 0 bridgehead atoms. The van der Waals surface area contributed by atoms with E-state index in [2.05, 4.69) is 21.3 Å². The highest BCUT2D eigenvalue weighted by Gasteiger charge is 2.21. The second kappa shape index (κ2) is 16.4. The van der Waals surface area contributed by atoms with E-state index >= 15 is 0 Å². The number of carbonyl (C=O) groups excluding carboxylic acids is 2. The zero-order chi connectivity index (χ0) is 32.3. The van der Waals surface area contributed by atoms with Crippen molar-refractivity contribution in [3.05, 3.63) is 46.1 Å². The third kappa shape index (κ3) is 9.03. The Kier molecular flexibility index (Phi) is 12.3. The topological polar surface area (TPSA) is 143 Å². The van der Waals surface area contributed by atoms with Crippen LogP contribution in [0.5, 0.6) is 17.2 Å². The monoisotopic (exact) mass is 656 g/mol. The van der Waals surface area contributed by atoms with Gasteiger partial charge in [-0.3, -0.25) is 19.5 Å². The van der Waals surface area contributed by atoms with Crippen LogP contribution in [0, 0.1) is 11.3 Å². The number of nitriles is 1. The number of primary amides is 1. The summed E-state index contributed by atoms with van der Waals surface area (Å²) in [4.78, 5) is 32.1. The average Bonchev–Trinajstić information content (AvgIpc) is 3.03. The lowest BCUT2D eigenvalue weighted by molar-refractivity contribution is -0.133. The number of halogens is 2. The number of unbranched alkanes of at least 4 members (excludes halogenated alkanes) is 2. The molecule has 1 aromatic heterocycles. The summed E-state index contributed by atoms with van der Waals surface area (Å²) in [6, 6.07) is 9.00. The molecule has 1 fully saturated rings. The van der Waals surface area contributed by atoms with Crippen LogP contribution in [-0.2, 0) is 9.59 Å². The summed E-state index contributed by atoms with van der Waals surface area (Å²) >= 11 is 12.6. The summed E-state index contributed by atoms with van der Waals surface area (Å²) in [5.41, 5.74) is 7.13.